The molecule has 2 amide bonds. The van der Waals surface area contributed by atoms with Gasteiger partial charge in [-0.1, -0.05) is 18.2 Å². The Labute approximate surface area is 201 Å². The number of thioether (sulfide) groups is 1. The highest BCUT2D eigenvalue weighted by Gasteiger charge is 2.19. The molecule has 0 atom stereocenters. The maximum absolute atomic E-state index is 12.1. The van der Waals surface area contributed by atoms with Crippen LogP contribution in [-0.4, -0.2) is 52.9 Å². The first-order chi connectivity index (χ1) is 15.7. The van der Waals surface area contributed by atoms with Gasteiger partial charge in [-0.2, -0.15) is 0 Å². The molecule has 0 saturated heterocycles. The number of rotatable bonds is 9. The number of pyridine rings is 1. The third kappa shape index (κ3) is 7.63. The van der Waals surface area contributed by atoms with Crippen LogP contribution in [0.4, 0.5) is 4.79 Å². The summed E-state index contributed by atoms with van der Waals surface area (Å²) in [7, 11) is 0. The van der Waals surface area contributed by atoms with Gasteiger partial charge in [-0.25, -0.2) is 4.79 Å². The first-order valence-corrected chi connectivity index (χ1v) is 13.0. The predicted octanol–water partition coefficient (Wildman–Crippen LogP) is 5.36. The molecule has 180 valence electrons. The van der Waals surface area contributed by atoms with E-state index in [1.807, 2.05) is 37.4 Å². The van der Waals surface area contributed by atoms with E-state index in [0.717, 1.165) is 37.1 Å². The van der Waals surface area contributed by atoms with Crippen molar-refractivity contribution in [2.45, 2.75) is 76.7 Å². The summed E-state index contributed by atoms with van der Waals surface area (Å²) in [5, 5.41) is 4.01. The zero-order valence-corrected chi connectivity index (χ0v) is 21.2. The summed E-state index contributed by atoms with van der Waals surface area (Å²) in [4.78, 5) is 32.0. The summed E-state index contributed by atoms with van der Waals surface area (Å²) in [6.45, 7) is 8.97. The van der Waals surface area contributed by atoms with Gasteiger partial charge in [0.25, 0.3) is 0 Å². The van der Waals surface area contributed by atoms with Gasteiger partial charge in [-0.3, -0.25) is 9.78 Å². The van der Waals surface area contributed by atoms with Crippen LogP contribution in [0.25, 0.3) is 10.9 Å². The zero-order valence-electron chi connectivity index (χ0n) is 20.4. The van der Waals surface area contributed by atoms with E-state index in [0.29, 0.717) is 19.5 Å². The molecule has 1 N–H and O–H groups in total. The topological polar surface area (TPSA) is 71.5 Å². The van der Waals surface area contributed by atoms with Crippen molar-refractivity contribution in [2.75, 3.05) is 25.4 Å². The second-order valence-electron chi connectivity index (χ2n) is 9.58. The maximum Gasteiger partial charge on any atom is 0.407 e. The molecule has 0 radical (unpaired) electrons. The fraction of sp³-hybridized carbons (Fsp3) is 0.577. The maximum atomic E-state index is 12.1. The van der Waals surface area contributed by atoms with Crippen LogP contribution in [0.15, 0.2) is 29.2 Å². The fourth-order valence-electron chi connectivity index (χ4n) is 4.12. The van der Waals surface area contributed by atoms with Crippen molar-refractivity contribution in [1.29, 1.82) is 0 Å². The molecule has 1 aromatic carbocycles. The number of amides is 2. The predicted molar refractivity (Wildman–Crippen MR) is 135 cm³/mol. The summed E-state index contributed by atoms with van der Waals surface area (Å²) in [6.07, 6.45) is 5.85. The van der Waals surface area contributed by atoms with Crippen LogP contribution in [0.5, 0.6) is 0 Å². The lowest BCUT2D eigenvalue weighted by molar-refractivity contribution is -0.128. The Hall–Kier alpha value is -2.28. The molecule has 7 heteroatoms. The number of carbonyl (C=O) groups excluding carboxylic acids is 2. The number of fused-ring (bicyclic) bond motifs is 2. The summed E-state index contributed by atoms with van der Waals surface area (Å²) in [5.41, 5.74) is 3.28. The van der Waals surface area contributed by atoms with E-state index in [1.165, 1.54) is 34.4 Å². The Morgan fingerprint density at radius 3 is 2.61 bits per heavy atom. The van der Waals surface area contributed by atoms with Crippen molar-refractivity contribution in [3.63, 3.8) is 0 Å². The molecular formula is C26H37N3O3S. The second kappa shape index (κ2) is 11.7. The summed E-state index contributed by atoms with van der Waals surface area (Å²) >= 11 is 1.90. The van der Waals surface area contributed by atoms with Crippen LogP contribution in [0, 0.1) is 0 Å². The van der Waals surface area contributed by atoms with E-state index in [9.17, 15) is 9.59 Å². The van der Waals surface area contributed by atoms with Crippen LogP contribution in [0.1, 0.15) is 64.6 Å². The lowest BCUT2D eigenvalue weighted by Crippen LogP contribution is -2.36. The highest BCUT2D eigenvalue weighted by Crippen LogP contribution is 2.36. The Morgan fingerprint density at radius 2 is 1.85 bits per heavy atom. The first kappa shape index (κ1) is 25.3. The van der Waals surface area contributed by atoms with Crippen LogP contribution >= 0.6 is 11.8 Å². The average Bonchev–Trinajstić information content (AvgIpc) is 2.75. The minimum Gasteiger partial charge on any atom is -0.444 e. The third-order valence-corrected chi connectivity index (χ3v) is 6.90. The lowest BCUT2D eigenvalue weighted by Gasteiger charge is -2.23. The number of alkyl carbamates (subject to hydrolysis) is 1. The molecule has 0 fully saturated rings. The molecule has 2 aromatic rings. The van der Waals surface area contributed by atoms with Crippen molar-refractivity contribution in [3.05, 3.63) is 35.5 Å². The van der Waals surface area contributed by atoms with Crippen LogP contribution < -0.4 is 5.32 Å². The molecule has 0 spiro atoms. The van der Waals surface area contributed by atoms with Gasteiger partial charge in [0.15, 0.2) is 0 Å². The first-order valence-electron chi connectivity index (χ1n) is 12.0. The summed E-state index contributed by atoms with van der Waals surface area (Å²) in [6, 6.07) is 8.43. The van der Waals surface area contributed by atoms with Crippen LogP contribution in [0.3, 0.4) is 0 Å². The number of aryl methyl sites for hydroxylation is 1. The second-order valence-corrected chi connectivity index (χ2v) is 10.7. The number of benzene rings is 1. The molecule has 1 aliphatic rings. The van der Waals surface area contributed by atoms with Crippen molar-refractivity contribution < 1.29 is 14.3 Å². The number of hydrogen-bond donors (Lipinski definition) is 1. The Balaban J connectivity index is 1.49. The number of ether oxygens (including phenoxy) is 1. The summed E-state index contributed by atoms with van der Waals surface area (Å²) in [5.74, 6) is 1.03. The smallest absolute Gasteiger partial charge is 0.407 e. The van der Waals surface area contributed by atoms with Gasteiger partial charge < -0.3 is 15.0 Å². The molecule has 6 nitrogen and oxygen atoms in total. The molecule has 1 aliphatic carbocycles. The highest BCUT2D eigenvalue weighted by molar-refractivity contribution is 7.99. The lowest BCUT2D eigenvalue weighted by atomic mass is 9.94. The average molecular weight is 472 g/mol. The molecule has 0 saturated carbocycles. The number of aromatic nitrogens is 1. The van der Waals surface area contributed by atoms with Crippen molar-refractivity contribution >= 4 is 34.7 Å². The molecular weight excluding hydrogens is 434 g/mol. The van der Waals surface area contributed by atoms with Crippen LogP contribution in [0.2, 0.25) is 0 Å². The van der Waals surface area contributed by atoms with Crippen molar-refractivity contribution in [3.8, 4) is 0 Å². The van der Waals surface area contributed by atoms with Gasteiger partial charge in [0, 0.05) is 42.5 Å². The molecule has 0 aliphatic heterocycles. The van der Waals surface area contributed by atoms with Gasteiger partial charge in [-0.05, 0) is 76.7 Å². The van der Waals surface area contributed by atoms with E-state index in [1.54, 1.807) is 6.92 Å². The van der Waals surface area contributed by atoms with Gasteiger partial charge in [0.2, 0.25) is 5.91 Å². The van der Waals surface area contributed by atoms with E-state index < -0.39 is 11.7 Å². The van der Waals surface area contributed by atoms with Gasteiger partial charge in [0.05, 0.1) is 5.52 Å². The van der Waals surface area contributed by atoms with Crippen molar-refractivity contribution in [2.24, 2.45) is 0 Å². The van der Waals surface area contributed by atoms with Gasteiger partial charge in [0.1, 0.15) is 5.60 Å². The van der Waals surface area contributed by atoms with Gasteiger partial charge >= 0.3 is 6.09 Å². The summed E-state index contributed by atoms with van der Waals surface area (Å²) < 4.78 is 5.25. The van der Waals surface area contributed by atoms with Gasteiger partial charge in [-0.15, -0.1) is 11.8 Å². The number of nitrogens with zero attached hydrogens (tertiary/aromatic N) is 2. The highest BCUT2D eigenvalue weighted by atomic mass is 32.2. The molecule has 1 heterocycles. The Bertz CT molecular complexity index is 971. The normalized spacial score (nSPS) is 13.5. The molecule has 3 rings (SSSR count). The largest absolute Gasteiger partial charge is 0.444 e. The van der Waals surface area contributed by atoms with Crippen molar-refractivity contribution in [1.82, 2.24) is 15.2 Å². The molecule has 0 bridgehead atoms. The quantitative estimate of drug-likeness (QED) is 0.394. The monoisotopic (exact) mass is 471 g/mol. The number of nitrogens with one attached hydrogen (secondary N) is 1. The van der Waals surface area contributed by atoms with E-state index in [4.69, 9.17) is 9.72 Å². The number of carbonyl (C=O) groups is 2. The molecule has 1 aromatic heterocycles. The Morgan fingerprint density at radius 1 is 1.12 bits per heavy atom. The third-order valence-electron chi connectivity index (χ3n) is 5.65. The number of hydrogen-bond acceptors (Lipinski definition) is 5. The van der Waals surface area contributed by atoms with E-state index >= 15 is 0 Å². The zero-order chi connectivity index (χ0) is 23.8. The van der Waals surface area contributed by atoms with Crippen LogP contribution in [-0.2, 0) is 22.4 Å². The van der Waals surface area contributed by atoms with E-state index in [2.05, 4.69) is 29.6 Å². The SMILES string of the molecule is CC(=O)N(CCCNC(=O)OC(C)(C)C)CCCSc1c2c(nc3ccccc13)CCCC2. The molecule has 0 unspecified atom stereocenters. The fourth-order valence-corrected chi connectivity index (χ4v) is 5.32. The molecule has 33 heavy (non-hydrogen) atoms. The minimum absolute atomic E-state index is 0.0732. The van der Waals surface area contributed by atoms with E-state index in [-0.39, 0.29) is 5.91 Å². The standard InChI is InChI=1S/C26H37N3O3S/c1-19(30)29(16-9-15-27-25(31)32-26(2,3)4)17-10-18-33-24-20-11-5-7-13-22(20)28-23-14-8-6-12-21(23)24/h5,7,11,13H,6,8-10,12,14-18H2,1-4H3,(H,27,31). The number of para-hydroxylation sites is 1. The minimum atomic E-state index is -0.507. The Kier molecular flexibility index (Phi) is 9.01.